The van der Waals surface area contributed by atoms with Crippen LogP contribution in [-0.4, -0.2) is 36.4 Å². The number of hydrogen-bond acceptors (Lipinski definition) is 5. The van der Waals surface area contributed by atoms with Crippen molar-refractivity contribution in [3.05, 3.63) is 97.2 Å². The van der Waals surface area contributed by atoms with Crippen LogP contribution in [0.2, 0.25) is 0 Å². The minimum Gasteiger partial charge on any atom is -0.462 e. The molecule has 282 valence electrons. The van der Waals surface area contributed by atoms with Gasteiger partial charge in [-0.05, 0) is 89.9 Å². The van der Waals surface area contributed by atoms with Gasteiger partial charge < -0.3 is 14.6 Å². The van der Waals surface area contributed by atoms with Gasteiger partial charge in [-0.3, -0.25) is 9.59 Å². The average Bonchev–Trinajstić information content (AvgIpc) is 3.12. The van der Waals surface area contributed by atoms with Gasteiger partial charge in [-0.25, -0.2) is 0 Å². The van der Waals surface area contributed by atoms with Crippen LogP contribution < -0.4 is 0 Å². The second kappa shape index (κ2) is 40.3. The Morgan fingerprint density at radius 2 is 0.800 bits per heavy atom. The van der Waals surface area contributed by atoms with Crippen molar-refractivity contribution in [3.8, 4) is 0 Å². The molecule has 0 aromatic carbocycles. The fourth-order valence-electron chi connectivity index (χ4n) is 4.95. The third-order valence-corrected chi connectivity index (χ3v) is 7.87. The van der Waals surface area contributed by atoms with E-state index in [0.717, 1.165) is 103 Å². The molecule has 50 heavy (non-hydrogen) atoms. The molecule has 0 saturated heterocycles. The third-order valence-electron chi connectivity index (χ3n) is 7.87. The largest absolute Gasteiger partial charge is 0.462 e. The Bertz CT molecular complexity index is 1010. The Morgan fingerprint density at radius 3 is 1.22 bits per heavy atom. The van der Waals surface area contributed by atoms with Gasteiger partial charge in [0.25, 0.3) is 0 Å². The number of allylic oxidation sites excluding steroid dienone is 16. The highest BCUT2D eigenvalue weighted by atomic mass is 16.6. The Kier molecular flexibility index (Phi) is 37.7. The molecule has 0 aliphatic heterocycles. The van der Waals surface area contributed by atoms with E-state index in [2.05, 4.69) is 111 Å². The minimum atomic E-state index is -0.795. The molecule has 0 aliphatic carbocycles. The number of carbonyl (C=O) groups is 2. The summed E-state index contributed by atoms with van der Waals surface area (Å²) in [5, 5.41) is 9.55. The Hall–Kier alpha value is -3.18. The molecule has 5 nitrogen and oxygen atoms in total. The summed E-state index contributed by atoms with van der Waals surface area (Å²) in [6.07, 6.45) is 56.1. The van der Waals surface area contributed by atoms with E-state index in [1.54, 1.807) is 0 Å². The van der Waals surface area contributed by atoms with Gasteiger partial charge in [0, 0.05) is 12.8 Å². The molecule has 0 heterocycles. The zero-order chi connectivity index (χ0) is 36.4. The van der Waals surface area contributed by atoms with Crippen molar-refractivity contribution in [1.29, 1.82) is 0 Å². The summed E-state index contributed by atoms with van der Waals surface area (Å²) in [5.74, 6) is -0.649. The Labute approximate surface area is 307 Å². The van der Waals surface area contributed by atoms with Crippen molar-refractivity contribution in [3.63, 3.8) is 0 Å². The zero-order valence-corrected chi connectivity index (χ0v) is 31.9. The van der Waals surface area contributed by atoms with Crippen molar-refractivity contribution in [2.45, 2.75) is 161 Å². The lowest BCUT2D eigenvalue weighted by molar-refractivity contribution is -0.161. The smallest absolute Gasteiger partial charge is 0.306 e. The van der Waals surface area contributed by atoms with Gasteiger partial charge in [-0.1, -0.05) is 150 Å². The van der Waals surface area contributed by atoms with E-state index >= 15 is 0 Å². The zero-order valence-electron chi connectivity index (χ0n) is 31.9. The number of esters is 2. The molecule has 0 spiro atoms. The fraction of sp³-hybridized carbons (Fsp3) is 0.600. The molecule has 0 aromatic heterocycles. The summed E-state index contributed by atoms with van der Waals surface area (Å²) < 4.78 is 10.6. The summed E-state index contributed by atoms with van der Waals surface area (Å²) in [7, 11) is 0. The summed E-state index contributed by atoms with van der Waals surface area (Å²) in [6, 6.07) is 0. The van der Waals surface area contributed by atoms with Crippen LogP contribution >= 0.6 is 0 Å². The second-order valence-corrected chi connectivity index (χ2v) is 12.6. The highest BCUT2D eigenvalue weighted by Crippen LogP contribution is 2.12. The first-order valence-corrected chi connectivity index (χ1v) is 19.8. The Balaban J connectivity index is 3.65. The molecule has 0 rings (SSSR count). The van der Waals surface area contributed by atoms with Gasteiger partial charge in [0.2, 0.25) is 0 Å². The van der Waals surface area contributed by atoms with Crippen LogP contribution in [0.5, 0.6) is 0 Å². The first-order valence-electron chi connectivity index (χ1n) is 19.8. The Morgan fingerprint density at radius 1 is 0.460 bits per heavy atom. The van der Waals surface area contributed by atoms with Crippen molar-refractivity contribution >= 4 is 11.9 Å². The first kappa shape index (κ1) is 46.8. The molecular formula is C45H72O5. The van der Waals surface area contributed by atoms with E-state index < -0.39 is 6.10 Å². The van der Waals surface area contributed by atoms with Gasteiger partial charge in [0.15, 0.2) is 6.10 Å². The highest BCUT2D eigenvalue weighted by Gasteiger charge is 2.16. The van der Waals surface area contributed by atoms with Crippen LogP contribution in [0.4, 0.5) is 0 Å². The van der Waals surface area contributed by atoms with Crippen molar-refractivity contribution in [2.75, 3.05) is 13.2 Å². The molecule has 0 radical (unpaired) electrons. The molecule has 0 fully saturated rings. The lowest BCUT2D eigenvalue weighted by Crippen LogP contribution is -2.28. The van der Waals surface area contributed by atoms with E-state index in [4.69, 9.17) is 9.47 Å². The minimum absolute atomic E-state index is 0.0921. The van der Waals surface area contributed by atoms with Crippen molar-refractivity contribution in [2.24, 2.45) is 0 Å². The SMILES string of the molecule is CC/C=C\C/C=C\C/C=C\C/C=C\C/C=C\CCCCCCCCCC(=O)OC(CO)COC(=O)CCCCC/C=C\C/C=C\C/C=C\CC. The lowest BCUT2D eigenvalue weighted by Gasteiger charge is -2.15. The average molecular weight is 693 g/mol. The monoisotopic (exact) mass is 693 g/mol. The normalized spacial score (nSPS) is 13.3. The number of aliphatic hydroxyl groups excluding tert-OH is 1. The number of rotatable bonds is 34. The first-order chi connectivity index (χ1) is 24.6. The topological polar surface area (TPSA) is 72.8 Å². The lowest BCUT2D eigenvalue weighted by atomic mass is 10.1. The summed E-state index contributed by atoms with van der Waals surface area (Å²) in [6.45, 7) is 3.85. The maximum Gasteiger partial charge on any atom is 0.306 e. The molecule has 0 bridgehead atoms. The second-order valence-electron chi connectivity index (χ2n) is 12.6. The molecule has 0 saturated carbocycles. The summed E-state index contributed by atoms with van der Waals surface area (Å²) in [5.41, 5.74) is 0. The maximum atomic E-state index is 12.2. The van der Waals surface area contributed by atoms with Gasteiger partial charge in [0.1, 0.15) is 6.61 Å². The molecule has 1 N–H and O–H groups in total. The van der Waals surface area contributed by atoms with E-state index in [1.807, 2.05) is 0 Å². The predicted molar refractivity (Wildman–Crippen MR) is 214 cm³/mol. The number of aliphatic hydroxyl groups is 1. The van der Waals surface area contributed by atoms with Crippen molar-refractivity contribution < 1.29 is 24.2 Å². The number of unbranched alkanes of at least 4 members (excludes halogenated alkanes) is 10. The van der Waals surface area contributed by atoms with Crippen LogP contribution in [0.3, 0.4) is 0 Å². The third kappa shape index (κ3) is 37.6. The summed E-state index contributed by atoms with van der Waals surface area (Å²) >= 11 is 0. The molecule has 1 atom stereocenters. The molecule has 1 unspecified atom stereocenters. The quantitative estimate of drug-likeness (QED) is 0.0413. The van der Waals surface area contributed by atoms with Crippen LogP contribution in [0, 0.1) is 0 Å². The van der Waals surface area contributed by atoms with Crippen LogP contribution in [0.15, 0.2) is 97.2 Å². The molecule has 0 aromatic rings. The number of ether oxygens (including phenoxy) is 2. The van der Waals surface area contributed by atoms with Gasteiger partial charge >= 0.3 is 11.9 Å². The van der Waals surface area contributed by atoms with Gasteiger partial charge in [-0.2, -0.15) is 0 Å². The molecule has 0 aliphatic rings. The van der Waals surface area contributed by atoms with Crippen LogP contribution in [0.1, 0.15) is 155 Å². The number of carbonyl (C=O) groups excluding carboxylic acids is 2. The van der Waals surface area contributed by atoms with E-state index in [-0.39, 0.29) is 25.2 Å². The van der Waals surface area contributed by atoms with Crippen LogP contribution in [-0.2, 0) is 19.1 Å². The van der Waals surface area contributed by atoms with E-state index in [0.29, 0.717) is 12.8 Å². The molecular weight excluding hydrogens is 620 g/mol. The highest BCUT2D eigenvalue weighted by molar-refractivity contribution is 5.70. The van der Waals surface area contributed by atoms with E-state index in [9.17, 15) is 14.7 Å². The summed E-state index contributed by atoms with van der Waals surface area (Å²) in [4.78, 5) is 24.2. The van der Waals surface area contributed by atoms with Gasteiger partial charge in [-0.15, -0.1) is 0 Å². The maximum absolute atomic E-state index is 12.2. The number of hydrogen-bond donors (Lipinski definition) is 1. The molecule has 5 heteroatoms. The standard InChI is InChI=1S/C45H72O5/c1-3-5-7-9-11-13-15-17-18-19-20-21-22-23-24-25-26-28-30-32-34-36-38-40-45(48)50-43(41-46)42-49-44(47)39-37-35-33-31-29-27-16-14-12-10-8-6-4-2/h5-8,11-14,17-18,20-21,23-24,27,29,43,46H,3-4,9-10,15-16,19,22,25-26,28,30-42H2,1-2H3/b7-5-,8-6-,13-11-,14-12-,18-17-,21-20-,24-23-,29-27-. The molecule has 0 amide bonds. The van der Waals surface area contributed by atoms with E-state index in [1.165, 1.54) is 25.7 Å². The van der Waals surface area contributed by atoms with Gasteiger partial charge in [0.05, 0.1) is 6.61 Å². The van der Waals surface area contributed by atoms with Crippen LogP contribution in [0.25, 0.3) is 0 Å². The fourth-order valence-corrected chi connectivity index (χ4v) is 4.95. The predicted octanol–water partition coefficient (Wildman–Crippen LogP) is 12.5. The van der Waals surface area contributed by atoms with Crippen molar-refractivity contribution in [1.82, 2.24) is 0 Å².